The molecule has 0 aliphatic rings. The topological polar surface area (TPSA) is 35.5 Å². The third-order valence-corrected chi connectivity index (χ3v) is 2.76. The quantitative estimate of drug-likeness (QED) is 0.533. The highest BCUT2D eigenvalue weighted by atomic mass is 19.4. The lowest BCUT2D eigenvalue weighted by atomic mass is 10.2. The molecule has 0 saturated heterocycles. The number of hydrogen-bond donors (Lipinski definition) is 0. The van der Waals surface area contributed by atoms with Crippen molar-refractivity contribution in [2.75, 3.05) is 13.2 Å². The zero-order valence-electron chi connectivity index (χ0n) is 11.9. The molecule has 1 aromatic carbocycles. The van der Waals surface area contributed by atoms with Crippen molar-refractivity contribution in [2.24, 2.45) is 0 Å². The van der Waals surface area contributed by atoms with E-state index in [4.69, 9.17) is 9.47 Å². The normalized spacial score (nSPS) is 11.2. The number of unbranched alkanes of at least 4 members (excludes halogenated alkanes) is 2. The van der Waals surface area contributed by atoms with E-state index in [1.807, 2.05) is 0 Å². The van der Waals surface area contributed by atoms with Gasteiger partial charge >= 0.3 is 12.1 Å². The number of halogens is 3. The van der Waals surface area contributed by atoms with Crippen LogP contribution in [-0.2, 0) is 15.7 Å². The third kappa shape index (κ3) is 7.02. The lowest BCUT2D eigenvalue weighted by Gasteiger charge is -2.10. The fourth-order valence-corrected chi connectivity index (χ4v) is 1.73. The maximum Gasteiger partial charge on any atom is 0.416 e. The molecular formula is C15H19F3O3. The SMILES string of the molecule is CCOC(=O)CCCCCOc1cccc(C(F)(F)F)c1. The highest BCUT2D eigenvalue weighted by Gasteiger charge is 2.30. The van der Waals surface area contributed by atoms with E-state index in [9.17, 15) is 18.0 Å². The van der Waals surface area contributed by atoms with Crippen LogP contribution in [0.4, 0.5) is 13.2 Å². The Morgan fingerprint density at radius 2 is 1.95 bits per heavy atom. The first-order chi connectivity index (χ1) is 9.93. The molecule has 0 saturated carbocycles. The zero-order valence-corrected chi connectivity index (χ0v) is 11.9. The van der Waals surface area contributed by atoms with E-state index < -0.39 is 11.7 Å². The molecule has 118 valence electrons. The average Bonchev–Trinajstić information content (AvgIpc) is 2.42. The largest absolute Gasteiger partial charge is 0.494 e. The minimum absolute atomic E-state index is 0.204. The fourth-order valence-electron chi connectivity index (χ4n) is 1.73. The van der Waals surface area contributed by atoms with Crippen molar-refractivity contribution in [1.82, 2.24) is 0 Å². The van der Waals surface area contributed by atoms with Gasteiger partial charge in [0.2, 0.25) is 0 Å². The molecule has 0 spiro atoms. The van der Waals surface area contributed by atoms with Gasteiger partial charge in [0.15, 0.2) is 0 Å². The molecule has 0 unspecified atom stereocenters. The minimum atomic E-state index is -4.36. The van der Waals surface area contributed by atoms with Crippen molar-refractivity contribution in [3.63, 3.8) is 0 Å². The van der Waals surface area contributed by atoms with Crippen molar-refractivity contribution >= 4 is 5.97 Å². The maximum absolute atomic E-state index is 12.5. The number of esters is 1. The number of rotatable bonds is 8. The molecule has 0 aromatic heterocycles. The van der Waals surface area contributed by atoms with Crippen LogP contribution in [0.3, 0.4) is 0 Å². The predicted octanol–water partition coefficient (Wildman–Crippen LogP) is 4.21. The predicted molar refractivity (Wildman–Crippen MR) is 72.0 cm³/mol. The van der Waals surface area contributed by atoms with Crippen LogP contribution in [0, 0.1) is 0 Å². The zero-order chi connectivity index (χ0) is 15.7. The molecule has 21 heavy (non-hydrogen) atoms. The molecule has 1 rings (SSSR count). The van der Waals surface area contributed by atoms with E-state index in [2.05, 4.69) is 0 Å². The Morgan fingerprint density at radius 3 is 2.62 bits per heavy atom. The van der Waals surface area contributed by atoms with Gasteiger partial charge in [-0.3, -0.25) is 4.79 Å². The minimum Gasteiger partial charge on any atom is -0.494 e. The molecule has 0 bridgehead atoms. The van der Waals surface area contributed by atoms with Crippen LogP contribution >= 0.6 is 0 Å². The van der Waals surface area contributed by atoms with Crippen LogP contribution in [0.15, 0.2) is 24.3 Å². The number of carbonyl (C=O) groups excluding carboxylic acids is 1. The first kappa shape index (κ1) is 17.3. The summed E-state index contributed by atoms with van der Waals surface area (Å²) in [5, 5.41) is 0. The van der Waals surface area contributed by atoms with Gasteiger partial charge in [-0.2, -0.15) is 13.2 Å². The molecular weight excluding hydrogens is 285 g/mol. The van der Waals surface area contributed by atoms with Crippen LogP contribution in [0.2, 0.25) is 0 Å². The van der Waals surface area contributed by atoms with Crippen molar-refractivity contribution in [2.45, 2.75) is 38.8 Å². The molecule has 0 N–H and O–H groups in total. The van der Waals surface area contributed by atoms with Gasteiger partial charge in [0, 0.05) is 6.42 Å². The van der Waals surface area contributed by atoms with Gasteiger partial charge < -0.3 is 9.47 Å². The van der Waals surface area contributed by atoms with Crippen molar-refractivity contribution in [3.05, 3.63) is 29.8 Å². The number of benzene rings is 1. The van der Waals surface area contributed by atoms with Gasteiger partial charge in [-0.1, -0.05) is 6.07 Å². The summed E-state index contributed by atoms with van der Waals surface area (Å²) in [6.45, 7) is 2.45. The highest BCUT2D eigenvalue weighted by Crippen LogP contribution is 2.31. The molecule has 1 aromatic rings. The Bertz CT molecular complexity index is 444. The van der Waals surface area contributed by atoms with E-state index in [1.54, 1.807) is 6.92 Å². The van der Waals surface area contributed by atoms with Crippen molar-refractivity contribution < 1.29 is 27.4 Å². The second-order valence-corrected chi connectivity index (χ2v) is 4.49. The van der Waals surface area contributed by atoms with E-state index in [-0.39, 0.29) is 11.7 Å². The molecule has 0 atom stereocenters. The van der Waals surface area contributed by atoms with E-state index in [0.717, 1.165) is 18.6 Å². The van der Waals surface area contributed by atoms with Gasteiger partial charge in [-0.25, -0.2) is 0 Å². The third-order valence-electron chi connectivity index (χ3n) is 2.76. The summed E-state index contributed by atoms with van der Waals surface area (Å²) in [7, 11) is 0. The Labute approximate surface area is 122 Å². The van der Waals surface area contributed by atoms with E-state index >= 15 is 0 Å². The smallest absolute Gasteiger partial charge is 0.416 e. The first-order valence-corrected chi connectivity index (χ1v) is 6.89. The molecule has 0 amide bonds. The number of alkyl halides is 3. The Balaban J connectivity index is 2.23. The summed E-state index contributed by atoms with van der Waals surface area (Å²) < 4.78 is 47.6. The van der Waals surface area contributed by atoms with Gasteiger partial charge in [-0.05, 0) is 44.4 Å². The van der Waals surface area contributed by atoms with Crippen LogP contribution in [0.1, 0.15) is 38.2 Å². The average molecular weight is 304 g/mol. The Hall–Kier alpha value is -1.72. The molecule has 0 fully saturated rings. The van der Waals surface area contributed by atoms with Crippen LogP contribution in [0.25, 0.3) is 0 Å². The van der Waals surface area contributed by atoms with Gasteiger partial charge in [-0.15, -0.1) is 0 Å². The lowest BCUT2D eigenvalue weighted by Crippen LogP contribution is -2.06. The Kier molecular flexibility index (Phi) is 7.05. The number of hydrogen-bond acceptors (Lipinski definition) is 3. The maximum atomic E-state index is 12.5. The molecule has 0 radical (unpaired) electrons. The summed E-state index contributed by atoms with van der Waals surface area (Å²) >= 11 is 0. The molecule has 3 nitrogen and oxygen atoms in total. The van der Waals surface area contributed by atoms with Crippen molar-refractivity contribution in [3.8, 4) is 5.75 Å². The number of ether oxygens (including phenoxy) is 2. The standard InChI is InChI=1S/C15H19F3O3/c1-2-20-14(19)9-4-3-5-10-21-13-8-6-7-12(11-13)15(16,17)18/h6-8,11H,2-5,9-10H2,1H3. The lowest BCUT2D eigenvalue weighted by molar-refractivity contribution is -0.143. The van der Waals surface area contributed by atoms with Gasteiger partial charge in [0.25, 0.3) is 0 Å². The van der Waals surface area contributed by atoms with E-state index in [0.29, 0.717) is 32.5 Å². The second-order valence-electron chi connectivity index (χ2n) is 4.49. The fraction of sp³-hybridized carbons (Fsp3) is 0.533. The molecule has 0 aliphatic heterocycles. The first-order valence-electron chi connectivity index (χ1n) is 6.89. The summed E-state index contributed by atoms with van der Waals surface area (Å²) in [5.41, 5.74) is -0.720. The van der Waals surface area contributed by atoms with Crippen LogP contribution in [-0.4, -0.2) is 19.2 Å². The van der Waals surface area contributed by atoms with Crippen LogP contribution in [0.5, 0.6) is 5.75 Å². The molecule has 0 heterocycles. The van der Waals surface area contributed by atoms with Gasteiger partial charge in [0.1, 0.15) is 5.75 Å². The summed E-state index contributed by atoms with van der Waals surface area (Å²) in [6, 6.07) is 4.80. The Morgan fingerprint density at radius 1 is 1.19 bits per heavy atom. The highest BCUT2D eigenvalue weighted by molar-refractivity contribution is 5.69. The van der Waals surface area contributed by atoms with Crippen LogP contribution < -0.4 is 4.74 Å². The summed E-state index contributed by atoms with van der Waals surface area (Å²) in [4.78, 5) is 11.1. The second kappa shape index (κ2) is 8.54. The number of carbonyl (C=O) groups is 1. The summed E-state index contributed by atoms with van der Waals surface area (Å²) in [5.74, 6) is -0.0217. The monoisotopic (exact) mass is 304 g/mol. The van der Waals surface area contributed by atoms with Crippen molar-refractivity contribution in [1.29, 1.82) is 0 Å². The van der Waals surface area contributed by atoms with Gasteiger partial charge in [0.05, 0.1) is 18.8 Å². The van der Waals surface area contributed by atoms with E-state index in [1.165, 1.54) is 12.1 Å². The molecule has 0 aliphatic carbocycles. The molecule has 6 heteroatoms. The summed E-state index contributed by atoms with van der Waals surface area (Å²) in [6.07, 6.45) is -1.88.